The SMILES string of the molecule is C/C=C/C(=O)Nc1ccc(Cl)nn1. The van der Waals surface area contributed by atoms with Crippen LogP contribution < -0.4 is 5.32 Å². The van der Waals surface area contributed by atoms with E-state index in [1.54, 1.807) is 25.1 Å². The highest BCUT2D eigenvalue weighted by Gasteiger charge is 1.98. The van der Waals surface area contributed by atoms with Crippen molar-refractivity contribution in [3.05, 3.63) is 29.4 Å². The Morgan fingerprint density at radius 1 is 1.54 bits per heavy atom. The van der Waals surface area contributed by atoms with Gasteiger partial charge in [0, 0.05) is 0 Å². The fourth-order valence-electron chi connectivity index (χ4n) is 0.702. The molecule has 13 heavy (non-hydrogen) atoms. The minimum Gasteiger partial charge on any atom is -0.306 e. The molecule has 1 amide bonds. The van der Waals surface area contributed by atoms with Crippen LogP contribution in [0.5, 0.6) is 0 Å². The van der Waals surface area contributed by atoms with Gasteiger partial charge in [-0.1, -0.05) is 17.7 Å². The molecule has 1 heterocycles. The van der Waals surface area contributed by atoms with E-state index in [1.165, 1.54) is 6.08 Å². The molecule has 1 rings (SSSR count). The summed E-state index contributed by atoms with van der Waals surface area (Å²) >= 11 is 5.51. The van der Waals surface area contributed by atoms with Crippen LogP contribution in [0.15, 0.2) is 24.3 Å². The van der Waals surface area contributed by atoms with Gasteiger partial charge in [-0.05, 0) is 25.1 Å². The van der Waals surface area contributed by atoms with E-state index in [4.69, 9.17) is 11.6 Å². The van der Waals surface area contributed by atoms with Crippen LogP contribution >= 0.6 is 11.6 Å². The number of allylic oxidation sites excluding steroid dienone is 1. The summed E-state index contributed by atoms with van der Waals surface area (Å²) in [5, 5.41) is 10.0. The van der Waals surface area contributed by atoms with Gasteiger partial charge in [0.25, 0.3) is 0 Å². The normalized spacial score (nSPS) is 10.3. The van der Waals surface area contributed by atoms with E-state index in [0.717, 1.165) is 0 Å². The molecule has 5 heteroatoms. The maximum Gasteiger partial charge on any atom is 0.249 e. The van der Waals surface area contributed by atoms with E-state index in [1.807, 2.05) is 0 Å². The predicted octanol–water partition coefficient (Wildman–Crippen LogP) is 1.64. The first-order valence-corrected chi connectivity index (χ1v) is 4.03. The Labute approximate surface area is 80.6 Å². The Balaban J connectivity index is 2.64. The van der Waals surface area contributed by atoms with Crippen LogP contribution in [0, 0.1) is 0 Å². The van der Waals surface area contributed by atoms with Gasteiger partial charge >= 0.3 is 0 Å². The van der Waals surface area contributed by atoms with Crippen molar-refractivity contribution in [2.45, 2.75) is 6.92 Å². The summed E-state index contributed by atoms with van der Waals surface area (Å²) in [6.07, 6.45) is 3.04. The van der Waals surface area contributed by atoms with Crippen molar-refractivity contribution in [3.63, 3.8) is 0 Å². The Morgan fingerprint density at radius 3 is 2.85 bits per heavy atom. The summed E-state index contributed by atoms with van der Waals surface area (Å²) in [5.41, 5.74) is 0. The van der Waals surface area contributed by atoms with Gasteiger partial charge in [0.05, 0.1) is 0 Å². The molecule has 1 aromatic rings. The molecule has 0 aliphatic heterocycles. The van der Waals surface area contributed by atoms with Gasteiger partial charge < -0.3 is 5.32 Å². The molecule has 0 saturated carbocycles. The number of hydrogen-bond donors (Lipinski definition) is 1. The Morgan fingerprint density at radius 2 is 2.31 bits per heavy atom. The van der Waals surface area contributed by atoms with E-state index in [2.05, 4.69) is 15.5 Å². The zero-order valence-corrected chi connectivity index (χ0v) is 7.75. The van der Waals surface area contributed by atoms with Crippen molar-refractivity contribution in [1.29, 1.82) is 0 Å². The number of halogens is 1. The number of nitrogens with zero attached hydrogens (tertiary/aromatic N) is 2. The van der Waals surface area contributed by atoms with E-state index in [0.29, 0.717) is 11.0 Å². The molecule has 0 spiro atoms. The quantitative estimate of drug-likeness (QED) is 0.734. The second-order valence-electron chi connectivity index (χ2n) is 2.23. The minimum absolute atomic E-state index is 0.237. The van der Waals surface area contributed by atoms with Gasteiger partial charge in [0.1, 0.15) is 0 Å². The van der Waals surface area contributed by atoms with Crippen LogP contribution in [0.1, 0.15) is 6.92 Å². The van der Waals surface area contributed by atoms with Crippen molar-refractivity contribution < 1.29 is 4.79 Å². The van der Waals surface area contributed by atoms with Gasteiger partial charge in [-0.3, -0.25) is 4.79 Å². The highest BCUT2D eigenvalue weighted by molar-refractivity contribution is 6.29. The molecule has 68 valence electrons. The third-order valence-electron chi connectivity index (χ3n) is 1.20. The predicted molar refractivity (Wildman–Crippen MR) is 50.5 cm³/mol. The second-order valence-corrected chi connectivity index (χ2v) is 2.62. The highest BCUT2D eigenvalue weighted by atomic mass is 35.5. The van der Waals surface area contributed by atoms with Crippen LogP contribution in [0.3, 0.4) is 0 Å². The summed E-state index contributed by atoms with van der Waals surface area (Å²) in [4.78, 5) is 11.0. The van der Waals surface area contributed by atoms with Crippen molar-refractivity contribution >= 4 is 23.3 Å². The average molecular weight is 198 g/mol. The van der Waals surface area contributed by atoms with E-state index < -0.39 is 0 Å². The highest BCUT2D eigenvalue weighted by Crippen LogP contribution is 2.05. The summed E-state index contributed by atoms with van der Waals surface area (Å²) in [6.45, 7) is 1.76. The molecule has 0 radical (unpaired) electrons. The van der Waals surface area contributed by atoms with Crippen LogP contribution in [0.2, 0.25) is 5.15 Å². The molecule has 0 saturated heterocycles. The smallest absolute Gasteiger partial charge is 0.249 e. The molecule has 0 fully saturated rings. The lowest BCUT2D eigenvalue weighted by Gasteiger charge is -1.98. The summed E-state index contributed by atoms with van der Waals surface area (Å²) in [7, 11) is 0. The Bertz CT molecular complexity index is 321. The zero-order chi connectivity index (χ0) is 9.68. The van der Waals surface area contributed by atoms with Gasteiger partial charge in [0.15, 0.2) is 11.0 Å². The summed E-state index contributed by atoms with van der Waals surface area (Å²) in [6, 6.07) is 3.14. The number of carbonyl (C=O) groups is 1. The molecule has 4 nitrogen and oxygen atoms in total. The number of amides is 1. The van der Waals surface area contributed by atoms with E-state index >= 15 is 0 Å². The van der Waals surface area contributed by atoms with Crippen LogP contribution in [0.4, 0.5) is 5.82 Å². The molecule has 0 bridgehead atoms. The largest absolute Gasteiger partial charge is 0.306 e. The standard InChI is InChI=1S/C8H8ClN3O/c1-2-3-8(13)10-7-5-4-6(9)11-12-7/h2-5H,1H3,(H,10,12,13)/b3-2+. The van der Waals surface area contributed by atoms with Gasteiger partial charge in [-0.25, -0.2) is 0 Å². The summed E-state index contributed by atoms with van der Waals surface area (Å²) in [5.74, 6) is 0.145. The van der Waals surface area contributed by atoms with Gasteiger partial charge in [0.2, 0.25) is 5.91 Å². The lowest BCUT2D eigenvalue weighted by molar-refractivity contribution is -0.111. The third-order valence-corrected chi connectivity index (χ3v) is 1.40. The first-order valence-electron chi connectivity index (χ1n) is 3.65. The number of hydrogen-bond acceptors (Lipinski definition) is 3. The molecule has 1 N–H and O–H groups in total. The monoisotopic (exact) mass is 197 g/mol. The maximum atomic E-state index is 11.0. The second kappa shape index (κ2) is 4.57. The fraction of sp³-hybridized carbons (Fsp3) is 0.125. The Kier molecular flexibility index (Phi) is 3.40. The maximum absolute atomic E-state index is 11.0. The number of aromatic nitrogens is 2. The molecule has 0 unspecified atom stereocenters. The number of rotatable bonds is 2. The molecule has 0 atom stereocenters. The topological polar surface area (TPSA) is 54.9 Å². The minimum atomic E-state index is -0.237. The Hall–Kier alpha value is -1.42. The van der Waals surface area contributed by atoms with Crippen molar-refractivity contribution in [2.75, 3.05) is 5.32 Å². The zero-order valence-electron chi connectivity index (χ0n) is 6.99. The van der Waals surface area contributed by atoms with Gasteiger partial charge in [-0.2, -0.15) is 0 Å². The van der Waals surface area contributed by atoms with Crippen molar-refractivity contribution in [2.24, 2.45) is 0 Å². The van der Waals surface area contributed by atoms with Crippen molar-refractivity contribution in [3.8, 4) is 0 Å². The van der Waals surface area contributed by atoms with Crippen molar-refractivity contribution in [1.82, 2.24) is 10.2 Å². The molecule has 0 aliphatic rings. The average Bonchev–Trinajstić information content (AvgIpc) is 2.09. The summed E-state index contributed by atoms with van der Waals surface area (Å²) < 4.78 is 0. The lowest BCUT2D eigenvalue weighted by atomic mass is 10.4. The van der Waals surface area contributed by atoms with Crippen LogP contribution in [-0.4, -0.2) is 16.1 Å². The third kappa shape index (κ3) is 3.21. The number of anilines is 1. The van der Waals surface area contributed by atoms with E-state index in [-0.39, 0.29) is 5.91 Å². The van der Waals surface area contributed by atoms with Gasteiger partial charge in [-0.15, -0.1) is 10.2 Å². The van der Waals surface area contributed by atoms with Crippen LogP contribution in [0.25, 0.3) is 0 Å². The lowest BCUT2D eigenvalue weighted by Crippen LogP contribution is -2.09. The molecular formula is C8H8ClN3O. The van der Waals surface area contributed by atoms with E-state index in [9.17, 15) is 4.79 Å². The molecule has 0 aromatic carbocycles. The first-order chi connectivity index (χ1) is 6.22. The first kappa shape index (κ1) is 9.67. The number of nitrogens with one attached hydrogen (secondary N) is 1. The molecule has 1 aromatic heterocycles. The molecule has 0 aliphatic carbocycles. The van der Waals surface area contributed by atoms with Crippen LogP contribution in [-0.2, 0) is 4.79 Å². The fourth-order valence-corrected chi connectivity index (χ4v) is 0.803. The number of carbonyl (C=O) groups excluding carboxylic acids is 1. The molecular weight excluding hydrogens is 190 g/mol.